The monoisotopic (exact) mass is 340 g/mol. The fraction of sp³-hybridized carbons (Fsp3) is 0.158. The van der Waals surface area contributed by atoms with Gasteiger partial charge in [-0.3, -0.25) is 4.79 Å². The largest absolute Gasteiger partial charge is 0.404 e. The fourth-order valence-electron chi connectivity index (χ4n) is 2.47. The van der Waals surface area contributed by atoms with E-state index >= 15 is 0 Å². The smallest absolute Gasteiger partial charge is 0.251 e. The van der Waals surface area contributed by atoms with Crippen LogP contribution in [0.4, 0.5) is 10.1 Å². The number of carbonyl (C=O) groups excluding carboxylic acids is 1. The summed E-state index contributed by atoms with van der Waals surface area (Å²) in [7, 11) is 1.74. The summed E-state index contributed by atoms with van der Waals surface area (Å²) in [6.07, 6.45) is 2.51. The van der Waals surface area contributed by atoms with Crippen LogP contribution >= 0.6 is 0 Å². The van der Waals surface area contributed by atoms with Gasteiger partial charge in [0.15, 0.2) is 0 Å². The van der Waals surface area contributed by atoms with Gasteiger partial charge in [0.05, 0.1) is 6.04 Å². The van der Waals surface area contributed by atoms with Gasteiger partial charge in [0.1, 0.15) is 5.82 Å². The Morgan fingerprint density at radius 2 is 1.92 bits per heavy atom. The van der Waals surface area contributed by atoms with E-state index in [1.165, 1.54) is 18.3 Å². The summed E-state index contributed by atoms with van der Waals surface area (Å²) in [5, 5.41) is 13.3. The number of hydrogen-bond donors (Lipinski definition) is 4. The van der Waals surface area contributed by atoms with Gasteiger partial charge >= 0.3 is 0 Å². The van der Waals surface area contributed by atoms with E-state index in [1.807, 2.05) is 6.92 Å². The van der Waals surface area contributed by atoms with Gasteiger partial charge in [0, 0.05) is 41.8 Å². The molecule has 0 aromatic heterocycles. The quantitative estimate of drug-likeness (QED) is 0.608. The average molecular weight is 340 g/mol. The Bertz CT molecular complexity index is 800. The zero-order valence-corrected chi connectivity index (χ0v) is 14.1. The summed E-state index contributed by atoms with van der Waals surface area (Å²) < 4.78 is 13.0. The average Bonchev–Trinajstić information content (AvgIpc) is 2.63. The van der Waals surface area contributed by atoms with Gasteiger partial charge in [-0.1, -0.05) is 18.2 Å². The number of carbonyl (C=O) groups is 1. The molecule has 25 heavy (non-hydrogen) atoms. The van der Waals surface area contributed by atoms with E-state index in [0.717, 1.165) is 17.3 Å². The molecule has 0 heterocycles. The molecule has 0 aliphatic carbocycles. The molecule has 6 heteroatoms. The molecule has 130 valence electrons. The summed E-state index contributed by atoms with van der Waals surface area (Å²) in [5.74, 6) is -0.556. The first-order valence-corrected chi connectivity index (χ1v) is 7.81. The van der Waals surface area contributed by atoms with Crippen LogP contribution in [0.25, 0.3) is 5.57 Å². The Kier molecular flexibility index (Phi) is 5.89. The van der Waals surface area contributed by atoms with Crippen molar-refractivity contribution in [1.29, 1.82) is 5.41 Å². The lowest BCUT2D eigenvalue weighted by atomic mass is 10.0. The molecule has 0 spiro atoms. The number of halogens is 1. The zero-order valence-electron chi connectivity index (χ0n) is 14.1. The lowest BCUT2D eigenvalue weighted by Crippen LogP contribution is -2.26. The van der Waals surface area contributed by atoms with Crippen LogP contribution in [0.3, 0.4) is 0 Å². The summed E-state index contributed by atoms with van der Waals surface area (Å²) in [6.45, 7) is 1.84. The predicted molar refractivity (Wildman–Crippen MR) is 99.2 cm³/mol. The highest BCUT2D eigenvalue weighted by Gasteiger charge is 2.14. The summed E-state index contributed by atoms with van der Waals surface area (Å²) >= 11 is 0. The van der Waals surface area contributed by atoms with Gasteiger partial charge in [0.2, 0.25) is 0 Å². The first-order chi connectivity index (χ1) is 12.0. The maximum absolute atomic E-state index is 13.0. The number of nitrogens with two attached hydrogens (primary N) is 1. The number of allylic oxidation sites excluding steroid dienone is 1. The van der Waals surface area contributed by atoms with E-state index in [0.29, 0.717) is 16.8 Å². The van der Waals surface area contributed by atoms with Gasteiger partial charge < -0.3 is 21.8 Å². The highest BCUT2D eigenvalue weighted by Crippen LogP contribution is 2.24. The van der Waals surface area contributed by atoms with Crippen LogP contribution in [0.15, 0.2) is 48.7 Å². The molecule has 0 bridgehead atoms. The topological polar surface area (TPSA) is 91.0 Å². The SMILES string of the molecule is CNc1cc(C(=O)N[C@H](C)c2ccc(F)cc2)ccc1/C(C=N)=C/N. The van der Waals surface area contributed by atoms with Crippen molar-refractivity contribution in [3.63, 3.8) is 0 Å². The predicted octanol–water partition coefficient (Wildman–Crippen LogP) is 3.31. The number of benzene rings is 2. The number of amides is 1. The normalized spacial score (nSPS) is 12.4. The summed E-state index contributed by atoms with van der Waals surface area (Å²) in [5.41, 5.74) is 8.81. The second-order valence-electron chi connectivity index (χ2n) is 5.52. The van der Waals surface area contributed by atoms with E-state index in [9.17, 15) is 9.18 Å². The molecular weight excluding hydrogens is 319 g/mol. The fourth-order valence-corrected chi connectivity index (χ4v) is 2.47. The molecule has 5 nitrogen and oxygen atoms in total. The minimum absolute atomic E-state index is 0.243. The molecule has 0 aliphatic heterocycles. The molecule has 5 N–H and O–H groups in total. The third kappa shape index (κ3) is 4.23. The van der Waals surface area contributed by atoms with E-state index in [2.05, 4.69) is 10.6 Å². The Morgan fingerprint density at radius 3 is 2.48 bits per heavy atom. The van der Waals surface area contributed by atoms with Crippen molar-refractivity contribution < 1.29 is 9.18 Å². The molecule has 0 aliphatic rings. The van der Waals surface area contributed by atoms with Crippen LogP contribution < -0.4 is 16.4 Å². The van der Waals surface area contributed by atoms with Crippen LogP contribution in [-0.4, -0.2) is 19.2 Å². The molecule has 2 aromatic carbocycles. The molecule has 2 aromatic rings. The van der Waals surface area contributed by atoms with Gasteiger partial charge in [-0.05, 0) is 36.8 Å². The van der Waals surface area contributed by atoms with Gasteiger partial charge in [-0.15, -0.1) is 0 Å². The standard InChI is InChI=1S/C19H21FN4O/c1-12(13-3-6-16(20)7-4-13)24-19(25)14-5-8-17(15(10-21)11-22)18(9-14)23-2/h3-12,21,23H,22H2,1-2H3,(H,24,25)/b15-11+,21-10?/t12-/m1/s1. The second kappa shape index (κ2) is 8.10. The molecule has 0 saturated heterocycles. The van der Waals surface area contributed by atoms with Crippen LogP contribution in [0.1, 0.15) is 34.5 Å². The minimum atomic E-state index is -0.313. The second-order valence-corrected chi connectivity index (χ2v) is 5.52. The van der Waals surface area contributed by atoms with Crippen molar-refractivity contribution in [1.82, 2.24) is 5.32 Å². The van der Waals surface area contributed by atoms with Crippen molar-refractivity contribution in [2.75, 3.05) is 12.4 Å². The van der Waals surface area contributed by atoms with Crippen molar-refractivity contribution in [2.24, 2.45) is 5.73 Å². The Labute approximate surface area is 146 Å². The third-order valence-electron chi connectivity index (χ3n) is 3.91. The summed E-state index contributed by atoms with van der Waals surface area (Å²) in [4.78, 5) is 12.5. The van der Waals surface area contributed by atoms with E-state index in [4.69, 9.17) is 11.1 Å². The van der Waals surface area contributed by atoms with E-state index in [-0.39, 0.29) is 17.8 Å². The minimum Gasteiger partial charge on any atom is -0.404 e. The molecule has 0 unspecified atom stereocenters. The van der Waals surface area contributed by atoms with Gasteiger partial charge in [-0.25, -0.2) is 4.39 Å². The molecule has 0 radical (unpaired) electrons. The molecule has 1 amide bonds. The van der Waals surface area contributed by atoms with Crippen molar-refractivity contribution in [3.05, 3.63) is 71.2 Å². The van der Waals surface area contributed by atoms with Crippen molar-refractivity contribution in [2.45, 2.75) is 13.0 Å². The van der Waals surface area contributed by atoms with Crippen LogP contribution in [0.2, 0.25) is 0 Å². The van der Waals surface area contributed by atoms with Crippen LogP contribution in [0, 0.1) is 11.2 Å². The van der Waals surface area contributed by atoms with Gasteiger partial charge in [0.25, 0.3) is 5.91 Å². The van der Waals surface area contributed by atoms with Crippen LogP contribution in [0.5, 0.6) is 0 Å². The zero-order chi connectivity index (χ0) is 18.4. The first kappa shape index (κ1) is 18.2. The molecule has 1 atom stereocenters. The number of nitrogens with one attached hydrogen (secondary N) is 3. The molecular formula is C19H21FN4O. The number of anilines is 1. The van der Waals surface area contributed by atoms with Gasteiger partial charge in [-0.2, -0.15) is 0 Å². The number of rotatable bonds is 6. The Balaban J connectivity index is 2.21. The number of hydrogen-bond acceptors (Lipinski definition) is 4. The highest BCUT2D eigenvalue weighted by atomic mass is 19.1. The molecule has 2 rings (SSSR count). The maximum Gasteiger partial charge on any atom is 0.251 e. The van der Waals surface area contributed by atoms with Crippen molar-refractivity contribution in [3.8, 4) is 0 Å². The highest BCUT2D eigenvalue weighted by molar-refractivity contribution is 6.11. The van der Waals surface area contributed by atoms with Crippen LogP contribution in [-0.2, 0) is 0 Å². The van der Waals surface area contributed by atoms with E-state index in [1.54, 1.807) is 37.4 Å². The van der Waals surface area contributed by atoms with Crippen molar-refractivity contribution >= 4 is 23.4 Å². The summed E-state index contributed by atoms with van der Waals surface area (Å²) in [6, 6.07) is 10.9. The first-order valence-electron chi connectivity index (χ1n) is 7.81. The lowest BCUT2D eigenvalue weighted by Gasteiger charge is -2.16. The maximum atomic E-state index is 13.0. The Morgan fingerprint density at radius 1 is 1.24 bits per heavy atom. The third-order valence-corrected chi connectivity index (χ3v) is 3.91. The molecule has 0 fully saturated rings. The molecule has 0 saturated carbocycles. The van der Waals surface area contributed by atoms with E-state index < -0.39 is 0 Å². The lowest BCUT2D eigenvalue weighted by molar-refractivity contribution is 0.0940. The Hall–Kier alpha value is -3.15.